The van der Waals surface area contributed by atoms with Gasteiger partial charge in [0.1, 0.15) is 0 Å². The van der Waals surface area contributed by atoms with E-state index >= 15 is 0 Å². The molecule has 35 heavy (non-hydrogen) atoms. The van der Waals surface area contributed by atoms with E-state index in [1.165, 1.54) is 49.8 Å². The zero-order chi connectivity index (χ0) is 23.2. The van der Waals surface area contributed by atoms with Gasteiger partial charge in [0.05, 0.1) is 0 Å². The molecule has 6 aromatic rings. The van der Waals surface area contributed by atoms with Crippen molar-refractivity contribution < 1.29 is 0 Å². The quantitative estimate of drug-likeness (QED) is 0.261. The second kappa shape index (κ2) is 8.00. The number of rotatable bonds is 4. The lowest BCUT2D eigenvalue weighted by Gasteiger charge is -2.30. The van der Waals surface area contributed by atoms with Crippen LogP contribution in [0.25, 0.3) is 44.2 Å². The molecule has 0 saturated heterocycles. The summed E-state index contributed by atoms with van der Waals surface area (Å²) >= 11 is 0. The third-order valence-corrected chi connectivity index (χ3v) is 6.97. The van der Waals surface area contributed by atoms with Crippen molar-refractivity contribution >= 4 is 27.8 Å². The highest BCUT2D eigenvalue weighted by atomic mass is 15.1. The van der Waals surface area contributed by atoms with E-state index in [9.17, 15) is 0 Å². The number of benzene rings is 6. The molecule has 0 amide bonds. The van der Waals surface area contributed by atoms with Crippen LogP contribution in [0.4, 0.5) is 17.1 Å². The predicted octanol–water partition coefficient (Wildman–Crippen LogP) is 9.62. The molecule has 1 nitrogen and oxygen atoms in total. The molecule has 0 atom stereocenters. The van der Waals surface area contributed by atoms with E-state index in [0.717, 1.165) is 11.4 Å². The number of nitrogens with zero attached hydrogens (tertiary/aromatic N) is 1. The summed E-state index contributed by atoms with van der Waals surface area (Å²) in [6.45, 7) is 0. The van der Waals surface area contributed by atoms with Crippen LogP contribution in [-0.4, -0.2) is 0 Å². The van der Waals surface area contributed by atoms with Gasteiger partial charge >= 0.3 is 0 Å². The summed E-state index contributed by atoms with van der Waals surface area (Å²) in [6.07, 6.45) is 0. The third-order valence-electron chi connectivity index (χ3n) is 6.97. The Balaban J connectivity index is 1.32. The molecule has 0 saturated carbocycles. The van der Waals surface area contributed by atoms with Crippen molar-refractivity contribution in [1.82, 2.24) is 0 Å². The Morgan fingerprint density at radius 1 is 0.314 bits per heavy atom. The van der Waals surface area contributed by atoms with E-state index in [2.05, 4.69) is 144 Å². The van der Waals surface area contributed by atoms with Crippen LogP contribution < -0.4 is 4.90 Å². The Bertz CT molecular complexity index is 1670. The maximum atomic E-state index is 2.34. The molecule has 0 spiro atoms. The summed E-state index contributed by atoms with van der Waals surface area (Å²) in [6, 6.07) is 50.1. The minimum absolute atomic E-state index is 1.15. The van der Waals surface area contributed by atoms with Gasteiger partial charge in [-0.1, -0.05) is 91.0 Å². The number of anilines is 3. The van der Waals surface area contributed by atoms with Crippen LogP contribution in [0.5, 0.6) is 0 Å². The molecule has 1 aliphatic carbocycles. The fourth-order valence-corrected chi connectivity index (χ4v) is 5.21. The number of hydrogen-bond donors (Lipinski definition) is 0. The van der Waals surface area contributed by atoms with E-state index in [4.69, 9.17) is 0 Å². The number of hydrogen-bond acceptors (Lipinski definition) is 1. The van der Waals surface area contributed by atoms with Crippen LogP contribution >= 0.6 is 0 Å². The first kappa shape index (κ1) is 19.8. The van der Waals surface area contributed by atoms with E-state index in [0.29, 0.717) is 0 Å². The molecule has 164 valence electrons. The fourth-order valence-electron chi connectivity index (χ4n) is 5.21. The van der Waals surface area contributed by atoms with Gasteiger partial charge in [-0.25, -0.2) is 0 Å². The van der Waals surface area contributed by atoms with Gasteiger partial charge in [-0.15, -0.1) is 0 Å². The second-order valence-corrected chi connectivity index (χ2v) is 9.06. The van der Waals surface area contributed by atoms with Gasteiger partial charge < -0.3 is 4.90 Å². The van der Waals surface area contributed by atoms with E-state index in [1.807, 2.05) is 0 Å². The van der Waals surface area contributed by atoms with Gasteiger partial charge in [-0.3, -0.25) is 0 Å². The average Bonchev–Trinajstić information content (AvgIpc) is 2.93. The van der Waals surface area contributed by atoms with Crippen LogP contribution in [0, 0.1) is 0 Å². The van der Waals surface area contributed by atoms with Crippen molar-refractivity contribution in [3.63, 3.8) is 0 Å². The van der Waals surface area contributed by atoms with Crippen LogP contribution in [-0.2, 0) is 0 Å². The zero-order valence-electron chi connectivity index (χ0n) is 19.2. The Hall–Kier alpha value is -4.62. The van der Waals surface area contributed by atoms with Crippen molar-refractivity contribution in [2.45, 2.75) is 0 Å². The maximum absolute atomic E-state index is 2.34. The monoisotopic (exact) mass is 445 g/mol. The smallest absolute Gasteiger partial charge is 0.0468 e. The van der Waals surface area contributed by atoms with Crippen LogP contribution in [0.1, 0.15) is 0 Å². The van der Waals surface area contributed by atoms with E-state index in [1.54, 1.807) is 0 Å². The summed E-state index contributed by atoms with van der Waals surface area (Å²) in [5.74, 6) is 0. The van der Waals surface area contributed by atoms with E-state index < -0.39 is 0 Å². The minimum Gasteiger partial charge on any atom is -0.310 e. The highest BCUT2D eigenvalue weighted by molar-refractivity contribution is 6.09. The van der Waals surface area contributed by atoms with Crippen LogP contribution in [0.3, 0.4) is 0 Å². The summed E-state index contributed by atoms with van der Waals surface area (Å²) < 4.78 is 0. The Labute approximate surface area is 205 Å². The molecular formula is C34H23N. The fraction of sp³-hybridized carbons (Fsp3) is 0. The highest BCUT2D eigenvalue weighted by Gasteiger charge is 2.24. The lowest BCUT2D eigenvalue weighted by atomic mass is 9.79. The normalized spacial score (nSPS) is 11.4. The molecule has 0 N–H and O–H groups in total. The summed E-state index contributed by atoms with van der Waals surface area (Å²) in [4.78, 5) is 2.34. The number of fused-ring (bicyclic) bond motifs is 5. The molecule has 1 heteroatoms. The van der Waals surface area contributed by atoms with Gasteiger partial charge in [-0.2, -0.15) is 0 Å². The van der Waals surface area contributed by atoms with Crippen LogP contribution in [0.2, 0.25) is 0 Å². The summed E-state index contributed by atoms with van der Waals surface area (Å²) in [5, 5.41) is 2.59. The largest absolute Gasteiger partial charge is 0.310 e. The molecule has 1 aliphatic rings. The molecule has 0 aromatic heterocycles. The average molecular weight is 446 g/mol. The van der Waals surface area contributed by atoms with Crippen molar-refractivity contribution in [3.8, 4) is 33.4 Å². The standard InChI is InChI=1S/C34H23N/c1-3-9-24(10-4-1)25-15-17-29(18-16-25)35(28-13-5-2-6-14-28)30-19-20-31-32-21-26-11-7-8-12-27(26)22-33(32)34(31)23-30/h1-23H. The first-order chi connectivity index (χ1) is 17.3. The molecular weight excluding hydrogens is 422 g/mol. The molecule has 0 heterocycles. The van der Waals surface area contributed by atoms with Crippen molar-refractivity contribution in [2.24, 2.45) is 0 Å². The lowest BCUT2D eigenvalue weighted by Crippen LogP contribution is -2.11. The van der Waals surface area contributed by atoms with Gasteiger partial charge in [-0.05, 0) is 92.7 Å². The predicted molar refractivity (Wildman–Crippen MR) is 148 cm³/mol. The van der Waals surface area contributed by atoms with Crippen LogP contribution in [0.15, 0.2) is 140 Å². The maximum Gasteiger partial charge on any atom is 0.0468 e. The first-order valence-corrected chi connectivity index (χ1v) is 12.0. The van der Waals surface area contributed by atoms with Gasteiger partial charge in [0, 0.05) is 17.1 Å². The van der Waals surface area contributed by atoms with Gasteiger partial charge in [0.25, 0.3) is 0 Å². The van der Waals surface area contributed by atoms with Crippen molar-refractivity contribution in [1.29, 1.82) is 0 Å². The lowest BCUT2D eigenvalue weighted by molar-refractivity contribution is 1.28. The van der Waals surface area contributed by atoms with Crippen molar-refractivity contribution in [2.75, 3.05) is 4.90 Å². The first-order valence-electron chi connectivity index (χ1n) is 12.0. The molecule has 0 radical (unpaired) electrons. The molecule has 6 aromatic carbocycles. The highest BCUT2D eigenvalue weighted by Crippen LogP contribution is 2.51. The van der Waals surface area contributed by atoms with Gasteiger partial charge in [0.2, 0.25) is 0 Å². The Morgan fingerprint density at radius 3 is 1.49 bits per heavy atom. The Kier molecular flexibility index (Phi) is 4.53. The van der Waals surface area contributed by atoms with Gasteiger partial charge in [0.15, 0.2) is 0 Å². The SMILES string of the molecule is c1ccc(-c2ccc(N(c3ccccc3)c3ccc4c(c3)-c3cc5ccccc5cc3-4)cc2)cc1. The molecule has 0 unspecified atom stereocenters. The summed E-state index contributed by atoms with van der Waals surface area (Å²) in [7, 11) is 0. The van der Waals surface area contributed by atoms with Crippen molar-refractivity contribution in [3.05, 3.63) is 140 Å². The Morgan fingerprint density at radius 2 is 0.800 bits per heavy atom. The zero-order valence-corrected chi connectivity index (χ0v) is 19.2. The molecule has 0 aliphatic heterocycles. The number of para-hydroxylation sites is 1. The van der Waals surface area contributed by atoms with E-state index in [-0.39, 0.29) is 0 Å². The minimum atomic E-state index is 1.15. The molecule has 0 fully saturated rings. The second-order valence-electron chi connectivity index (χ2n) is 9.06. The third kappa shape index (κ3) is 3.33. The summed E-state index contributed by atoms with van der Waals surface area (Å²) in [5.41, 5.74) is 11.3. The molecule has 0 bridgehead atoms. The topological polar surface area (TPSA) is 3.24 Å². The molecule has 7 rings (SSSR count).